The van der Waals surface area contributed by atoms with Gasteiger partial charge in [0.1, 0.15) is 0 Å². The first kappa shape index (κ1) is 13.8. The molecule has 1 atom stereocenters. The van der Waals surface area contributed by atoms with Gasteiger partial charge in [0.05, 0.1) is 16.1 Å². The van der Waals surface area contributed by atoms with Gasteiger partial charge in [0, 0.05) is 6.04 Å². The third-order valence-corrected chi connectivity index (χ3v) is 2.45. The Balaban J connectivity index is 0. The molecule has 0 spiro atoms. The van der Waals surface area contributed by atoms with Gasteiger partial charge in [0.2, 0.25) is 0 Å². The molecule has 0 aromatic carbocycles. The fourth-order valence-electron chi connectivity index (χ4n) is 0.436. The van der Waals surface area contributed by atoms with E-state index in [1.807, 2.05) is 20.8 Å². The normalized spacial score (nSPS) is 12.1. The Morgan fingerprint density at radius 3 is 1.91 bits per heavy atom. The zero-order valence-corrected chi connectivity index (χ0v) is 10.0. The third kappa shape index (κ3) is 4.63. The predicted molar refractivity (Wildman–Crippen MR) is 53.4 cm³/mol. The van der Waals surface area contributed by atoms with E-state index in [4.69, 9.17) is 5.11 Å². The summed E-state index contributed by atoms with van der Waals surface area (Å²) in [6, 6.07) is 0.0116. The summed E-state index contributed by atoms with van der Waals surface area (Å²) in [7, 11) is 0. The molecule has 0 rings (SSSR count). The molecule has 68 valence electrons. The fraction of sp³-hybridized carbons (Fsp3) is 0.833. The van der Waals surface area contributed by atoms with E-state index in [-0.39, 0.29) is 23.0 Å². The van der Waals surface area contributed by atoms with Crippen molar-refractivity contribution in [3.05, 3.63) is 0 Å². The molecular weight excluding hydrogens is 278 g/mol. The second-order valence-corrected chi connectivity index (χ2v) is 3.34. The van der Waals surface area contributed by atoms with Gasteiger partial charge in [0.25, 0.3) is 0 Å². The molecule has 0 bridgehead atoms. The Morgan fingerprint density at radius 2 is 1.82 bits per heavy atom. The molecule has 0 heterocycles. The number of amides is 1. The number of halogens is 2. The van der Waals surface area contributed by atoms with E-state index < -0.39 is 6.09 Å². The Kier molecular flexibility index (Phi) is 7.31. The van der Waals surface area contributed by atoms with E-state index in [9.17, 15) is 4.79 Å². The highest BCUT2D eigenvalue weighted by Gasteiger charge is 2.18. The average Bonchev–Trinajstić information content (AvgIpc) is 1.84. The number of carbonyl (C=O) groups is 1. The van der Waals surface area contributed by atoms with Crippen molar-refractivity contribution in [1.29, 1.82) is 0 Å². The van der Waals surface area contributed by atoms with Crippen LogP contribution in [0.1, 0.15) is 20.8 Å². The highest BCUT2D eigenvalue weighted by Crippen LogP contribution is 2.13. The summed E-state index contributed by atoms with van der Waals surface area (Å²) in [4.78, 5) is 10.3. The molecular formula is C6H13Br2NO2. The van der Waals surface area contributed by atoms with Crippen LogP contribution in [0, 0.1) is 5.92 Å². The van der Waals surface area contributed by atoms with Crippen LogP contribution in [0.3, 0.4) is 0 Å². The summed E-state index contributed by atoms with van der Waals surface area (Å²) in [6.45, 7) is 5.80. The van der Waals surface area contributed by atoms with Gasteiger partial charge in [-0.25, -0.2) is 8.72 Å². The highest BCUT2D eigenvalue weighted by molar-refractivity contribution is 9.07. The molecule has 11 heavy (non-hydrogen) atoms. The molecule has 0 saturated heterocycles. The van der Waals surface area contributed by atoms with Crippen molar-refractivity contribution in [2.24, 2.45) is 5.92 Å². The topological polar surface area (TPSA) is 40.5 Å². The lowest BCUT2D eigenvalue weighted by Gasteiger charge is -2.22. The average molecular weight is 291 g/mol. The second kappa shape index (κ2) is 5.83. The summed E-state index contributed by atoms with van der Waals surface area (Å²) in [6.07, 6.45) is -0.943. The summed E-state index contributed by atoms with van der Waals surface area (Å²) in [5.74, 6) is 0.329. The number of carboxylic acid groups (broad SMARTS) is 1. The first-order valence-electron chi connectivity index (χ1n) is 3.14. The molecule has 0 aliphatic heterocycles. The SMILES string of the molecule is Br.CC(C)C(C)N(Br)C(=O)O. The number of hydrogen-bond donors (Lipinski definition) is 1. The summed E-state index contributed by atoms with van der Waals surface area (Å²) in [5, 5.41) is 8.48. The lowest BCUT2D eigenvalue weighted by atomic mass is 10.1. The largest absolute Gasteiger partial charge is 0.464 e. The van der Waals surface area contributed by atoms with E-state index in [1.165, 1.54) is 0 Å². The fourth-order valence-corrected chi connectivity index (χ4v) is 0.909. The van der Waals surface area contributed by atoms with E-state index >= 15 is 0 Å². The molecule has 3 nitrogen and oxygen atoms in total. The zero-order chi connectivity index (χ0) is 8.31. The van der Waals surface area contributed by atoms with Crippen molar-refractivity contribution < 1.29 is 9.90 Å². The van der Waals surface area contributed by atoms with Crippen LogP contribution in [-0.4, -0.2) is 21.2 Å². The predicted octanol–water partition coefficient (Wildman–Crippen LogP) is 2.90. The maximum atomic E-state index is 10.3. The number of hydrogen-bond acceptors (Lipinski definition) is 1. The smallest absolute Gasteiger partial charge is 0.417 e. The molecule has 0 aliphatic rings. The third-order valence-electron chi connectivity index (χ3n) is 1.51. The molecule has 0 saturated carbocycles. The highest BCUT2D eigenvalue weighted by atomic mass is 79.9. The van der Waals surface area contributed by atoms with Gasteiger partial charge in [-0.2, -0.15) is 0 Å². The van der Waals surface area contributed by atoms with Gasteiger partial charge in [-0.1, -0.05) is 13.8 Å². The van der Waals surface area contributed by atoms with Gasteiger partial charge in [-0.05, 0) is 12.8 Å². The monoisotopic (exact) mass is 289 g/mol. The Bertz CT molecular complexity index is 130. The van der Waals surface area contributed by atoms with Crippen molar-refractivity contribution in [2.45, 2.75) is 26.8 Å². The van der Waals surface area contributed by atoms with E-state index in [2.05, 4.69) is 16.1 Å². The van der Waals surface area contributed by atoms with Gasteiger partial charge < -0.3 is 5.11 Å². The first-order valence-corrected chi connectivity index (χ1v) is 3.85. The van der Waals surface area contributed by atoms with E-state index in [1.54, 1.807) is 0 Å². The zero-order valence-electron chi connectivity index (χ0n) is 6.74. The number of rotatable bonds is 2. The van der Waals surface area contributed by atoms with Crippen LogP contribution in [0.15, 0.2) is 0 Å². The molecule has 1 amide bonds. The standard InChI is InChI=1S/C6H12BrNO2.BrH/c1-4(2)5(3)8(7)6(9)10;/h4-5H,1-3H3,(H,9,10);1H. The van der Waals surface area contributed by atoms with Crippen LogP contribution < -0.4 is 0 Å². The van der Waals surface area contributed by atoms with Gasteiger partial charge >= 0.3 is 6.09 Å². The maximum absolute atomic E-state index is 10.3. The Hall–Kier alpha value is 0.230. The van der Waals surface area contributed by atoms with Crippen molar-refractivity contribution in [3.8, 4) is 0 Å². The molecule has 0 aromatic heterocycles. The number of nitrogens with zero attached hydrogens (tertiary/aromatic N) is 1. The van der Waals surface area contributed by atoms with E-state index in [0.717, 1.165) is 3.93 Å². The minimum absolute atomic E-state index is 0. The molecule has 1 N–H and O–H groups in total. The van der Waals surface area contributed by atoms with Crippen LogP contribution in [0.5, 0.6) is 0 Å². The molecule has 0 radical (unpaired) electrons. The quantitative estimate of drug-likeness (QED) is 0.795. The Morgan fingerprint density at radius 1 is 1.45 bits per heavy atom. The molecule has 0 fully saturated rings. The molecule has 5 heteroatoms. The molecule has 0 aliphatic carbocycles. The minimum Gasteiger partial charge on any atom is -0.464 e. The van der Waals surface area contributed by atoms with E-state index in [0.29, 0.717) is 5.92 Å². The van der Waals surface area contributed by atoms with Crippen molar-refractivity contribution in [3.63, 3.8) is 0 Å². The van der Waals surface area contributed by atoms with Crippen LogP contribution in [0.4, 0.5) is 4.79 Å². The van der Waals surface area contributed by atoms with Gasteiger partial charge in [-0.15, -0.1) is 17.0 Å². The summed E-state index contributed by atoms with van der Waals surface area (Å²) in [5.41, 5.74) is 0. The van der Waals surface area contributed by atoms with Crippen LogP contribution >= 0.6 is 33.1 Å². The van der Waals surface area contributed by atoms with Crippen LogP contribution in [0.25, 0.3) is 0 Å². The lowest BCUT2D eigenvalue weighted by Crippen LogP contribution is -2.32. The lowest BCUT2D eigenvalue weighted by molar-refractivity contribution is 0.162. The minimum atomic E-state index is -0.943. The van der Waals surface area contributed by atoms with Crippen LogP contribution in [-0.2, 0) is 0 Å². The van der Waals surface area contributed by atoms with Gasteiger partial charge in [0.15, 0.2) is 0 Å². The second-order valence-electron chi connectivity index (χ2n) is 2.58. The molecule has 1 unspecified atom stereocenters. The maximum Gasteiger partial charge on any atom is 0.417 e. The van der Waals surface area contributed by atoms with Gasteiger partial charge in [-0.3, -0.25) is 0 Å². The first-order chi connectivity index (χ1) is 4.46. The Labute approximate surface area is 85.9 Å². The van der Waals surface area contributed by atoms with Crippen molar-refractivity contribution in [2.75, 3.05) is 0 Å². The molecule has 0 aromatic rings. The van der Waals surface area contributed by atoms with Crippen LogP contribution in [0.2, 0.25) is 0 Å². The summed E-state index contributed by atoms with van der Waals surface area (Å²) >= 11 is 2.94. The van der Waals surface area contributed by atoms with Crippen molar-refractivity contribution >= 4 is 39.2 Å². The van der Waals surface area contributed by atoms with Crippen molar-refractivity contribution in [1.82, 2.24) is 3.93 Å². The summed E-state index contributed by atoms with van der Waals surface area (Å²) < 4.78 is 1.14.